The molecule has 2 aliphatic heterocycles. The minimum absolute atomic E-state index is 0.125. The monoisotopic (exact) mass is 317 g/mol. The van der Waals surface area contributed by atoms with Crippen molar-refractivity contribution in [3.63, 3.8) is 0 Å². The predicted molar refractivity (Wildman–Crippen MR) is 75.9 cm³/mol. The quantitative estimate of drug-likeness (QED) is 0.730. The second-order valence-electron chi connectivity index (χ2n) is 5.37. The van der Waals surface area contributed by atoms with Crippen LogP contribution in [0.1, 0.15) is 45.4 Å². The third kappa shape index (κ3) is 3.08. The molecule has 0 radical (unpaired) electrons. The van der Waals surface area contributed by atoms with Gasteiger partial charge in [0.2, 0.25) is 5.91 Å². The van der Waals surface area contributed by atoms with Gasteiger partial charge in [-0.2, -0.15) is 0 Å². The van der Waals surface area contributed by atoms with Crippen molar-refractivity contribution in [3.05, 3.63) is 0 Å². The van der Waals surface area contributed by atoms with Gasteiger partial charge in [0.1, 0.15) is 0 Å². The molecule has 4 heteroatoms. The van der Waals surface area contributed by atoms with Gasteiger partial charge in [-0.25, -0.2) is 0 Å². The molecule has 0 saturated carbocycles. The SMILES string of the molecule is CCC1OCCC1C(=O)N1CCCC1CCCBr. The summed E-state index contributed by atoms with van der Waals surface area (Å²) in [5.41, 5.74) is 0. The molecule has 2 rings (SSSR count). The number of hydrogen-bond donors (Lipinski definition) is 0. The van der Waals surface area contributed by atoms with Crippen molar-refractivity contribution >= 4 is 21.8 Å². The summed E-state index contributed by atoms with van der Waals surface area (Å²) in [5.74, 6) is 0.482. The molecule has 0 aromatic rings. The number of nitrogens with zero attached hydrogens (tertiary/aromatic N) is 1. The van der Waals surface area contributed by atoms with E-state index in [0.29, 0.717) is 11.9 Å². The molecule has 104 valence electrons. The first-order valence-corrected chi connectivity index (χ1v) is 8.38. The lowest BCUT2D eigenvalue weighted by Crippen LogP contribution is -2.42. The van der Waals surface area contributed by atoms with E-state index in [9.17, 15) is 4.79 Å². The van der Waals surface area contributed by atoms with Crippen LogP contribution in [0.5, 0.6) is 0 Å². The lowest BCUT2D eigenvalue weighted by Gasteiger charge is -2.29. The van der Waals surface area contributed by atoms with E-state index in [1.165, 1.54) is 12.8 Å². The summed E-state index contributed by atoms with van der Waals surface area (Å²) in [7, 11) is 0. The Morgan fingerprint density at radius 1 is 1.44 bits per heavy atom. The summed E-state index contributed by atoms with van der Waals surface area (Å²) >= 11 is 3.48. The highest BCUT2D eigenvalue weighted by Crippen LogP contribution is 2.30. The van der Waals surface area contributed by atoms with Crippen LogP contribution in [0.25, 0.3) is 0 Å². The van der Waals surface area contributed by atoms with E-state index >= 15 is 0 Å². The van der Waals surface area contributed by atoms with Crippen molar-refractivity contribution in [2.45, 2.75) is 57.6 Å². The molecular formula is C14H24BrNO2. The van der Waals surface area contributed by atoms with Crippen LogP contribution in [0.4, 0.5) is 0 Å². The molecule has 3 nitrogen and oxygen atoms in total. The van der Waals surface area contributed by atoms with Gasteiger partial charge in [-0.3, -0.25) is 4.79 Å². The van der Waals surface area contributed by atoms with E-state index in [2.05, 4.69) is 27.8 Å². The zero-order valence-electron chi connectivity index (χ0n) is 11.2. The van der Waals surface area contributed by atoms with E-state index in [1.54, 1.807) is 0 Å². The molecule has 3 atom stereocenters. The van der Waals surface area contributed by atoms with Crippen LogP contribution in [0.3, 0.4) is 0 Å². The maximum atomic E-state index is 12.6. The van der Waals surface area contributed by atoms with Crippen LogP contribution in [0.15, 0.2) is 0 Å². The maximum absolute atomic E-state index is 12.6. The third-order valence-corrected chi connectivity index (χ3v) is 4.82. The molecule has 0 bridgehead atoms. The minimum Gasteiger partial charge on any atom is -0.377 e. The zero-order valence-corrected chi connectivity index (χ0v) is 12.8. The fourth-order valence-corrected chi connectivity index (χ4v) is 3.61. The first-order valence-electron chi connectivity index (χ1n) is 7.26. The van der Waals surface area contributed by atoms with E-state index in [1.807, 2.05) is 0 Å². The van der Waals surface area contributed by atoms with Crippen molar-refractivity contribution in [1.82, 2.24) is 4.90 Å². The maximum Gasteiger partial charge on any atom is 0.228 e. The summed E-state index contributed by atoms with van der Waals surface area (Å²) in [6.07, 6.45) is 6.69. The summed E-state index contributed by atoms with van der Waals surface area (Å²) in [6.45, 7) is 3.83. The Labute approximate surface area is 118 Å². The van der Waals surface area contributed by atoms with Gasteiger partial charge in [-0.1, -0.05) is 22.9 Å². The van der Waals surface area contributed by atoms with Crippen LogP contribution in [0.2, 0.25) is 0 Å². The summed E-state index contributed by atoms with van der Waals surface area (Å²) < 4.78 is 5.66. The zero-order chi connectivity index (χ0) is 13.0. The summed E-state index contributed by atoms with van der Waals surface area (Å²) in [5, 5.41) is 1.04. The lowest BCUT2D eigenvalue weighted by molar-refractivity contribution is -0.138. The van der Waals surface area contributed by atoms with Crippen LogP contribution in [-0.2, 0) is 9.53 Å². The van der Waals surface area contributed by atoms with E-state index in [-0.39, 0.29) is 12.0 Å². The third-order valence-electron chi connectivity index (χ3n) is 4.26. The number of halogens is 1. The van der Waals surface area contributed by atoms with Crippen LogP contribution in [0, 0.1) is 5.92 Å². The second-order valence-corrected chi connectivity index (χ2v) is 6.16. The van der Waals surface area contributed by atoms with Crippen molar-refractivity contribution in [1.29, 1.82) is 0 Å². The molecule has 0 spiro atoms. The number of ether oxygens (including phenoxy) is 1. The number of rotatable bonds is 5. The Kier molecular flexibility index (Phi) is 5.49. The molecule has 1 amide bonds. The summed E-state index contributed by atoms with van der Waals surface area (Å²) in [6, 6.07) is 0.480. The Hall–Kier alpha value is -0.0900. The molecule has 0 aromatic heterocycles. The second kappa shape index (κ2) is 6.90. The fourth-order valence-electron chi connectivity index (χ4n) is 3.29. The molecule has 2 heterocycles. The highest BCUT2D eigenvalue weighted by atomic mass is 79.9. The molecule has 0 aromatic carbocycles. The highest BCUT2D eigenvalue weighted by Gasteiger charge is 2.38. The fraction of sp³-hybridized carbons (Fsp3) is 0.929. The van der Waals surface area contributed by atoms with Gasteiger partial charge in [0.25, 0.3) is 0 Å². The topological polar surface area (TPSA) is 29.5 Å². The van der Waals surface area contributed by atoms with Crippen molar-refractivity contribution in [3.8, 4) is 0 Å². The van der Waals surface area contributed by atoms with Gasteiger partial charge in [-0.05, 0) is 38.5 Å². The average molecular weight is 318 g/mol. The smallest absolute Gasteiger partial charge is 0.228 e. The normalized spacial score (nSPS) is 32.1. The van der Waals surface area contributed by atoms with Crippen molar-refractivity contribution < 1.29 is 9.53 Å². The summed E-state index contributed by atoms with van der Waals surface area (Å²) in [4.78, 5) is 14.8. The van der Waals surface area contributed by atoms with E-state index in [0.717, 1.165) is 44.2 Å². The Bertz CT molecular complexity index is 285. The predicted octanol–water partition coefficient (Wildman–Crippen LogP) is 2.97. The van der Waals surface area contributed by atoms with Crippen LogP contribution < -0.4 is 0 Å². The molecule has 2 saturated heterocycles. The van der Waals surface area contributed by atoms with E-state index in [4.69, 9.17) is 4.74 Å². The molecule has 0 aliphatic carbocycles. The van der Waals surface area contributed by atoms with Crippen molar-refractivity contribution in [2.75, 3.05) is 18.5 Å². The number of hydrogen-bond acceptors (Lipinski definition) is 2. The van der Waals surface area contributed by atoms with Gasteiger partial charge in [0, 0.05) is 24.5 Å². The molecule has 3 unspecified atom stereocenters. The Morgan fingerprint density at radius 2 is 2.28 bits per heavy atom. The van der Waals surface area contributed by atoms with Gasteiger partial charge >= 0.3 is 0 Å². The lowest BCUT2D eigenvalue weighted by atomic mass is 9.97. The molecule has 0 N–H and O–H groups in total. The first-order chi connectivity index (χ1) is 8.77. The Morgan fingerprint density at radius 3 is 3.00 bits per heavy atom. The molecule has 2 fully saturated rings. The highest BCUT2D eigenvalue weighted by molar-refractivity contribution is 9.09. The van der Waals surface area contributed by atoms with Crippen molar-refractivity contribution in [2.24, 2.45) is 5.92 Å². The minimum atomic E-state index is 0.125. The number of amides is 1. The molecule has 18 heavy (non-hydrogen) atoms. The average Bonchev–Trinajstić information content (AvgIpc) is 3.03. The number of alkyl halides is 1. The first kappa shape index (κ1) is 14.3. The van der Waals surface area contributed by atoms with Gasteiger partial charge in [0.15, 0.2) is 0 Å². The van der Waals surface area contributed by atoms with Gasteiger partial charge in [-0.15, -0.1) is 0 Å². The van der Waals surface area contributed by atoms with Gasteiger partial charge in [0.05, 0.1) is 12.0 Å². The Balaban J connectivity index is 1.94. The number of likely N-dealkylation sites (tertiary alicyclic amines) is 1. The molecule has 2 aliphatic rings. The van der Waals surface area contributed by atoms with Crippen LogP contribution >= 0.6 is 15.9 Å². The van der Waals surface area contributed by atoms with Crippen LogP contribution in [-0.4, -0.2) is 41.4 Å². The standard InChI is InChI=1S/C14H24BrNO2/c1-2-13-12(7-10-18-13)14(17)16-9-4-6-11(16)5-3-8-15/h11-13H,2-10H2,1H3. The largest absolute Gasteiger partial charge is 0.377 e. The number of carbonyl (C=O) groups excluding carboxylic acids is 1. The van der Waals surface area contributed by atoms with Gasteiger partial charge < -0.3 is 9.64 Å². The van der Waals surface area contributed by atoms with E-state index < -0.39 is 0 Å². The number of carbonyl (C=O) groups is 1. The molecular weight excluding hydrogens is 294 g/mol.